The number of ether oxygens (including phenoxy) is 1. The van der Waals surface area contributed by atoms with Crippen LogP contribution in [0.5, 0.6) is 5.75 Å². The molecule has 1 aromatic carbocycles. The maximum absolute atomic E-state index is 12.0. The number of carbonyl (C=O) groups excluding carboxylic acids is 2. The molecule has 1 aromatic rings. The van der Waals surface area contributed by atoms with E-state index in [4.69, 9.17) is 4.74 Å². The maximum atomic E-state index is 12.0. The van der Waals surface area contributed by atoms with Gasteiger partial charge in [0, 0.05) is 31.6 Å². The van der Waals surface area contributed by atoms with E-state index in [0.717, 1.165) is 4.47 Å². The van der Waals surface area contributed by atoms with Gasteiger partial charge in [-0.05, 0) is 48.0 Å². The molecule has 2 amide bonds. The number of carbonyl (C=O) groups is 2. The molecule has 0 aromatic heterocycles. The van der Waals surface area contributed by atoms with Crippen molar-refractivity contribution in [2.45, 2.75) is 20.3 Å². The zero-order valence-corrected chi connectivity index (χ0v) is 14.2. The monoisotopic (exact) mass is 356 g/mol. The molecule has 0 saturated heterocycles. The predicted molar refractivity (Wildman–Crippen MR) is 85.6 cm³/mol. The lowest BCUT2D eigenvalue weighted by molar-refractivity contribution is -0.130. The molecular formula is C15H21BrN2O3. The van der Waals surface area contributed by atoms with E-state index in [-0.39, 0.29) is 11.8 Å². The number of nitrogens with zero attached hydrogens (tertiary/aromatic N) is 1. The van der Waals surface area contributed by atoms with Crippen molar-refractivity contribution >= 4 is 27.7 Å². The fourth-order valence-corrected chi connectivity index (χ4v) is 2.47. The number of amides is 2. The molecule has 0 saturated carbocycles. The molecule has 0 aliphatic rings. The van der Waals surface area contributed by atoms with Crippen molar-refractivity contribution in [2.75, 3.05) is 26.7 Å². The Hall–Kier alpha value is -1.56. The Bertz CT molecular complexity index is 502. The van der Waals surface area contributed by atoms with Crippen LogP contribution in [0, 0.1) is 0 Å². The standard InChI is InChI=1S/C15H21BrN2O3/c1-4-18(5-2)14(19)8-9-17-15(20)11-6-7-13(21-3)12(16)10-11/h6-7,10H,4-5,8-9H2,1-3H3,(H,17,20). The third-order valence-electron chi connectivity index (χ3n) is 3.15. The van der Waals surface area contributed by atoms with E-state index in [2.05, 4.69) is 21.2 Å². The number of hydrogen-bond acceptors (Lipinski definition) is 3. The third kappa shape index (κ3) is 5.04. The molecule has 6 heteroatoms. The van der Waals surface area contributed by atoms with Gasteiger partial charge in [0.2, 0.25) is 5.91 Å². The summed E-state index contributed by atoms with van der Waals surface area (Å²) in [5.41, 5.74) is 0.526. The van der Waals surface area contributed by atoms with E-state index in [9.17, 15) is 9.59 Å². The van der Waals surface area contributed by atoms with Crippen LogP contribution in [0.25, 0.3) is 0 Å². The minimum Gasteiger partial charge on any atom is -0.496 e. The SMILES string of the molecule is CCN(CC)C(=O)CCNC(=O)c1ccc(OC)c(Br)c1. The number of nitrogens with one attached hydrogen (secondary N) is 1. The highest BCUT2D eigenvalue weighted by Gasteiger charge is 2.11. The molecule has 0 atom stereocenters. The lowest BCUT2D eigenvalue weighted by Crippen LogP contribution is -2.34. The molecule has 0 aliphatic carbocycles. The minimum absolute atomic E-state index is 0.0520. The smallest absolute Gasteiger partial charge is 0.251 e. The van der Waals surface area contributed by atoms with Crippen LogP contribution in [0.2, 0.25) is 0 Å². The maximum Gasteiger partial charge on any atom is 0.251 e. The molecule has 0 unspecified atom stereocenters. The number of halogens is 1. The summed E-state index contributed by atoms with van der Waals surface area (Å²) in [4.78, 5) is 25.5. The van der Waals surface area contributed by atoms with Crippen molar-refractivity contribution in [1.82, 2.24) is 10.2 Å². The zero-order valence-electron chi connectivity index (χ0n) is 12.6. The Kier molecular flexibility index (Phi) is 7.22. The lowest BCUT2D eigenvalue weighted by atomic mass is 10.2. The molecule has 116 valence electrons. The van der Waals surface area contributed by atoms with Gasteiger partial charge in [0.15, 0.2) is 0 Å². The van der Waals surface area contributed by atoms with Crippen molar-refractivity contribution in [1.29, 1.82) is 0 Å². The summed E-state index contributed by atoms with van der Waals surface area (Å²) >= 11 is 3.34. The van der Waals surface area contributed by atoms with E-state index >= 15 is 0 Å². The number of methoxy groups -OCH3 is 1. The van der Waals surface area contributed by atoms with Crippen molar-refractivity contribution in [3.05, 3.63) is 28.2 Å². The first kappa shape index (κ1) is 17.5. The van der Waals surface area contributed by atoms with Crippen LogP contribution in [-0.4, -0.2) is 43.5 Å². The van der Waals surface area contributed by atoms with Gasteiger partial charge < -0.3 is 15.0 Å². The molecule has 5 nitrogen and oxygen atoms in total. The van der Waals surface area contributed by atoms with Crippen LogP contribution >= 0.6 is 15.9 Å². The van der Waals surface area contributed by atoms with Crippen molar-refractivity contribution in [2.24, 2.45) is 0 Å². The quantitative estimate of drug-likeness (QED) is 0.816. The van der Waals surface area contributed by atoms with E-state index in [1.54, 1.807) is 30.2 Å². The Morgan fingerprint density at radius 2 is 1.95 bits per heavy atom. The first-order valence-electron chi connectivity index (χ1n) is 6.93. The molecule has 1 N–H and O–H groups in total. The van der Waals surface area contributed by atoms with Crippen LogP contribution in [0.3, 0.4) is 0 Å². The van der Waals surface area contributed by atoms with Crippen LogP contribution in [0.4, 0.5) is 0 Å². The van der Waals surface area contributed by atoms with Crippen molar-refractivity contribution in [3.8, 4) is 5.75 Å². The van der Waals surface area contributed by atoms with Gasteiger partial charge in [0.05, 0.1) is 11.6 Å². The van der Waals surface area contributed by atoms with E-state index in [1.807, 2.05) is 13.8 Å². The fourth-order valence-electron chi connectivity index (χ4n) is 1.93. The Labute approximate surface area is 133 Å². The van der Waals surface area contributed by atoms with Gasteiger partial charge in [-0.3, -0.25) is 9.59 Å². The zero-order chi connectivity index (χ0) is 15.8. The largest absolute Gasteiger partial charge is 0.496 e. The molecule has 0 radical (unpaired) electrons. The van der Waals surface area contributed by atoms with Gasteiger partial charge in [-0.1, -0.05) is 0 Å². The number of benzene rings is 1. The van der Waals surface area contributed by atoms with Gasteiger partial charge >= 0.3 is 0 Å². The van der Waals surface area contributed by atoms with Gasteiger partial charge in [0.25, 0.3) is 5.91 Å². The second kappa shape index (κ2) is 8.67. The average Bonchev–Trinajstić information content (AvgIpc) is 2.48. The molecule has 0 bridgehead atoms. The lowest BCUT2D eigenvalue weighted by Gasteiger charge is -2.18. The molecule has 1 rings (SSSR count). The Morgan fingerprint density at radius 1 is 1.29 bits per heavy atom. The summed E-state index contributed by atoms with van der Waals surface area (Å²) in [6.45, 7) is 5.59. The summed E-state index contributed by atoms with van der Waals surface area (Å²) in [5.74, 6) is 0.519. The number of rotatable bonds is 7. The Morgan fingerprint density at radius 3 is 2.48 bits per heavy atom. The number of hydrogen-bond donors (Lipinski definition) is 1. The topological polar surface area (TPSA) is 58.6 Å². The first-order chi connectivity index (χ1) is 10.0. The van der Waals surface area contributed by atoms with Crippen LogP contribution in [0.15, 0.2) is 22.7 Å². The minimum atomic E-state index is -0.203. The van der Waals surface area contributed by atoms with Crippen LogP contribution in [-0.2, 0) is 4.79 Å². The second-order valence-electron chi connectivity index (χ2n) is 4.42. The summed E-state index contributed by atoms with van der Waals surface area (Å²) in [6, 6.07) is 5.10. The molecule has 0 spiro atoms. The molecule has 0 heterocycles. The summed E-state index contributed by atoms with van der Waals surface area (Å²) in [6.07, 6.45) is 0.310. The Balaban J connectivity index is 2.51. The first-order valence-corrected chi connectivity index (χ1v) is 7.72. The molecular weight excluding hydrogens is 336 g/mol. The van der Waals surface area contributed by atoms with Crippen molar-refractivity contribution < 1.29 is 14.3 Å². The molecule has 21 heavy (non-hydrogen) atoms. The van der Waals surface area contributed by atoms with Gasteiger partial charge in [-0.15, -0.1) is 0 Å². The average molecular weight is 357 g/mol. The molecule has 0 aliphatic heterocycles. The second-order valence-corrected chi connectivity index (χ2v) is 5.28. The van der Waals surface area contributed by atoms with E-state index in [1.165, 1.54) is 0 Å². The van der Waals surface area contributed by atoms with Crippen molar-refractivity contribution in [3.63, 3.8) is 0 Å². The predicted octanol–water partition coefficient (Wildman–Crippen LogP) is 2.45. The highest BCUT2D eigenvalue weighted by molar-refractivity contribution is 9.10. The van der Waals surface area contributed by atoms with Gasteiger partial charge in [0.1, 0.15) is 5.75 Å². The van der Waals surface area contributed by atoms with E-state index in [0.29, 0.717) is 37.4 Å². The highest BCUT2D eigenvalue weighted by atomic mass is 79.9. The highest BCUT2D eigenvalue weighted by Crippen LogP contribution is 2.25. The molecule has 0 fully saturated rings. The van der Waals surface area contributed by atoms with Crippen LogP contribution < -0.4 is 10.1 Å². The summed E-state index contributed by atoms with van der Waals surface area (Å²) in [5, 5.41) is 2.75. The fraction of sp³-hybridized carbons (Fsp3) is 0.467. The van der Waals surface area contributed by atoms with Gasteiger partial charge in [-0.25, -0.2) is 0 Å². The van der Waals surface area contributed by atoms with E-state index < -0.39 is 0 Å². The van der Waals surface area contributed by atoms with Gasteiger partial charge in [-0.2, -0.15) is 0 Å². The summed E-state index contributed by atoms with van der Waals surface area (Å²) < 4.78 is 5.83. The third-order valence-corrected chi connectivity index (χ3v) is 3.77. The van der Waals surface area contributed by atoms with Crippen LogP contribution in [0.1, 0.15) is 30.6 Å². The summed E-state index contributed by atoms with van der Waals surface area (Å²) in [7, 11) is 1.57. The normalized spacial score (nSPS) is 10.1.